The fourth-order valence-electron chi connectivity index (χ4n) is 4.63. The summed E-state index contributed by atoms with van der Waals surface area (Å²) in [7, 11) is 0. The summed E-state index contributed by atoms with van der Waals surface area (Å²) in [4.78, 5) is 16.4. The van der Waals surface area contributed by atoms with Crippen LogP contribution in [-0.2, 0) is 4.79 Å². The highest BCUT2D eigenvalue weighted by atomic mass is 19.1. The normalized spacial score (nSPS) is 29.5. The predicted molar refractivity (Wildman–Crippen MR) is 92.2 cm³/mol. The van der Waals surface area contributed by atoms with Crippen molar-refractivity contribution in [2.24, 2.45) is 5.92 Å². The Bertz CT molecular complexity index is 813. The lowest BCUT2D eigenvalue weighted by molar-refractivity contribution is -0.125. The summed E-state index contributed by atoms with van der Waals surface area (Å²) in [5.41, 5.74) is 0.730. The van der Waals surface area contributed by atoms with Crippen molar-refractivity contribution in [3.63, 3.8) is 0 Å². The van der Waals surface area contributed by atoms with Crippen LogP contribution in [0.15, 0.2) is 18.2 Å². The van der Waals surface area contributed by atoms with Gasteiger partial charge >= 0.3 is 0 Å². The van der Waals surface area contributed by atoms with Crippen molar-refractivity contribution in [2.45, 2.75) is 43.8 Å². The molecule has 0 spiro atoms. The molecule has 3 aliphatic rings. The third-order valence-corrected chi connectivity index (χ3v) is 5.96. The first-order valence-electron chi connectivity index (χ1n) is 9.03. The maximum atomic E-state index is 14.2. The Hall–Kier alpha value is -2.80. The van der Waals surface area contributed by atoms with Crippen LogP contribution in [0.2, 0.25) is 0 Å². The molecule has 4 atom stereocenters. The van der Waals surface area contributed by atoms with Gasteiger partial charge < -0.3 is 15.1 Å². The number of rotatable bonds is 3. The molecule has 1 N–H and O–H groups in total. The van der Waals surface area contributed by atoms with E-state index in [1.54, 1.807) is 12.1 Å². The molecular formula is C19H20FN5O. The van der Waals surface area contributed by atoms with Crippen molar-refractivity contribution in [3.8, 4) is 12.3 Å². The molecule has 134 valence electrons. The minimum Gasteiger partial charge on any atom is -0.368 e. The number of nitriles is 2. The first-order chi connectivity index (χ1) is 12.6. The van der Waals surface area contributed by atoms with Gasteiger partial charge in [0.1, 0.15) is 5.82 Å². The highest BCUT2D eigenvalue weighted by Crippen LogP contribution is 2.37. The average molecular weight is 353 g/mol. The van der Waals surface area contributed by atoms with E-state index in [0.29, 0.717) is 25.2 Å². The largest absolute Gasteiger partial charge is 0.368 e. The molecule has 2 bridgehead atoms. The van der Waals surface area contributed by atoms with Crippen molar-refractivity contribution in [1.29, 1.82) is 10.5 Å². The predicted octanol–water partition coefficient (Wildman–Crippen LogP) is 1.73. The van der Waals surface area contributed by atoms with Gasteiger partial charge in [-0.05, 0) is 43.9 Å². The minimum absolute atomic E-state index is 0.00278. The van der Waals surface area contributed by atoms with Crippen LogP contribution in [0.1, 0.15) is 31.2 Å². The van der Waals surface area contributed by atoms with E-state index in [1.165, 1.54) is 6.07 Å². The standard InChI is InChI=1S/C19H20FN5O/c20-15-7-12(9-21)1-3-17(15)24-6-5-13(10-24)19(26)23-16-8-14-2-4-18(16)25(14)11-22/h1,3,7,13-14,16,18H,2,4-6,8,10H2,(H,23,26)/t13?,14-,16+,18+/m0/s1. The third-order valence-electron chi connectivity index (χ3n) is 5.96. The van der Waals surface area contributed by atoms with E-state index in [1.807, 2.05) is 15.9 Å². The number of nitrogens with one attached hydrogen (secondary N) is 1. The van der Waals surface area contributed by atoms with Crippen molar-refractivity contribution < 1.29 is 9.18 Å². The summed E-state index contributed by atoms with van der Waals surface area (Å²) in [6.45, 7) is 1.08. The van der Waals surface area contributed by atoms with E-state index in [-0.39, 0.29) is 35.5 Å². The summed E-state index contributed by atoms with van der Waals surface area (Å²) in [6, 6.07) is 6.79. The van der Waals surface area contributed by atoms with Gasteiger partial charge in [0.05, 0.1) is 35.3 Å². The Labute approximate surface area is 151 Å². The molecule has 4 rings (SSSR count). The second kappa shape index (κ2) is 6.49. The average Bonchev–Trinajstić information content (AvgIpc) is 3.35. The molecule has 3 aliphatic heterocycles. The van der Waals surface area contributed by atoms with Gasteiger partial charge in [-0.1, -0.05) is 0 Å². The number of benzene rings is 1. The quantitative estimate of drug-likeness (QED) is 0.837. The minimum atomic E-state index is -0.428. The first kappa shape index (κ1) is 16.7. The molecule has 26 heavy (non-hydrogen) atoms. The number of amides is 1. The smallest absolute Gasteiger partial charge is 0.225 e. The van der Waals surface area contributed by atoms with Crippen LogP contribution in [0.4, 0.5) is 10.1 Å². The van der Waals surface area contributed by atoms with Gasteiger partial charge in [-0.15, -0.1) is 0 Å². The van der Waals surface area contributed by atoms with Crippen molar-refractivity contribution in [1.82, 2.24) is 10.2 Å². The summed E-state index contributed by atoms with van der Waals surface area (Å²) in [6.07, 6.45) is 5.75. The number of nitrogens with zero attached hydrogens (tertiary/aromatic N) is 4. The molecule has 3 fully saturated rings. The molecule has 0 radical (unpaired) electrons. The molecule has 0 saturated carbocycles. The number of carbonyl (C=O) groups excluding carboxylic acids is 1. The zero-order valence-electron chi connectivity index (χ0n) is 14.4. The Morgan fingerprint density at radius 1 is 1.27 bits per heavy atom. The number of anilines is 1. The maximum absolute atomic E-state index is 14.2. The SMILES string of the molecule is N#Cc1ccc(N2CCC(C(=O)N[C@@H]3C[C@@H]4CC[C@H]3N4C#N)C2)c(F)c1. The fraction of sp³-hybridized carbons (Fsp3) is 0.526. The van der Waals surface area contributed by atoms with Gasteiger partial charge in [-0.3, -0.25) is 4.79 Å². The van der Waals surface area contributed by atoms with Crippen LogP contribution in [0.25, 0.3) is 0 Å². The van der Waals surface area contributed by atoms with Gasteiger partial charge in [-0.25, -0.2) is 4.39 Å². The summed E-state index contributed by atoms with van der Waals surface area (Å²) < 4.78 is 14.2. The highest BCUT2D eigenvalue weighted by molar-refractivity contribution is 5.80. The number of fused-ring (bicyclic) bond motifs is 2. The van der Waals surface area contributed by atoms with Crippen LogP contribution in [0.3, 0.4) is 0 Å². The molecule has 0 aromatic heterocycles. The van der Waals surface area contributed by atoms with Crippen LogP contribution in [0, 0.1) is 34.5 Å². The Balaban J connectivity index is 1.38. The van der Waals surface area contributed by atoms with E-state index in [9.17, 15) is 14.4 Å². The monoisotopic (exact) mass is 353 g/mol. The molecule has 6 nitrogen and oxygen atoms in total. The lowest BCUT2D eigenvalue weighted by Crippen LogP contribution is -2.46. The molecule has 1 amide bonds. The molecule has 1 aromatic rings. The zero-order valence-corrected chi connectivity index (χ0v) is 14.4. The van der Waals surface area contributed by atoms with Gasteiger partial charge in [0.15, 0.2) is 6.19 Å². The number of hydrogen-bond donors (Lipinski definition) is 1. The molecule has 0 aliphatic carbocycles. The topological polar surface area (TPSA) is 83.2 Å². The van der Waals surface area contributed by atoms with Gasteiger partial charge in [0.25, 0.3) is 0 Å². The van der Waals surface area contributed by atoms with E-state index in [2.05, 4.69) is 11.5 Å². The molecule has 3 heterocycles. The first-order valence-corrected chi connectivity index (χ1v) is 9.03. The van der Waals surface area contributed by atoms with Gasteiger partial charge in [-0.2, -0.15) is 10.5 Å². The molecule has 3 saturated heterocycles. The number of hydrogen-bond acceptors (Lipinski definition) is 5. The zero-order chi connectivity index (χ0) is 18.3. The maximum Gasteiger partial charge on any atom is 0.225 e. The van der Waals surface area contributed by atoms with Crippen LogP contribution in [0.5, 0.6) is 0 Å². The highest BCUT2D eigenvalue weighted by Gasteiger charge is 2.47. The van der Waals surface area contributed by atoms with E-state index in [0.717, 1.165) is 19.3 Å². The van der Waals surface area contributed by atoms with Crippen molar-refractivity contribution >= 4 is 11.6 Å². The second-order valence-corrected chi connectivity index (χ2v) is 7.37. The summed E-state index contributed by atoms with van der Waals surface area (Å²) in [5, 5.41) is 21.2. The molecule has 1 aromatic carbocycles. The van der Waals surface area contributed by atoms with E-state index < -0.39 is 5.82 Å². The summed E-state index contributed by atoms with van der Waals surface area (Å²) >= 11 is 0. The lowest BCUT2D eigenvalue weighted by atomic mass is 9.95. The van der Waals surface area contributed by atoms with Crippen molar-refractivity contribution in [2.75, 3.05) is 18.0 Å². The Kier molecular flexibility index (Phi) is 4.16. The van der Waals surface area contributed by atoms with Crippen LogP contribution < -0.4 is 10.2 Å². The van der Waals surface area contributed by atoms with Crippen LogP contribution >= 0.6 is 0 Å². The second-order valence-electron chi connectivity index (χ2n) is 7.37. The van der Waals surface area contributed by atoms with Gasteiger partial charge in [0.2, 0.25) is 5.91 Å². The van der Waals surface area contributed by atoms with Crippen molar-refractivity contribution in [3.05, 3.63) is 29.6 Å². The van der Waals surface area contributed by atoms with E-state index in [4.69, 9.17) is 5.26 Å². The lowest BCUT2D eigenvalue weighted by Gasteiger charge is -2.24. The number of halogens is 1. The number of carbonyl (C=O) groups is 1. The third kappa shape index (κ3) is 2.74. The Morgan fingerprint density at radius 2 is 2.12 bits per heavy atom. The van der Waals surface area contributed by atoms with Gasteiger partial charge in [0, 0.05) is 19.1 Å². The molecular weight excluding hydrogens is 333 g/mol. The van der Waals surface area contributed by atoms with E-state index >= 15 is 0 Å². The fourth-order valence-corrected chi connectivity index (χ4v) is 4.63. The molecule has 7 heteroatoms. The molecule has 1 unspecified atom stereocenters. The summed E-state index contributed by atoms with van der Waals surface area (Å²) in [5.74, 6) is -0.612. The van der Waals surface area contributed by atoms with Crippen LogP contribution in [-0.4, -0.2) is 42.0 Å². The Morgan fingerprint density at radius 3 is 2.81 bits per heavy atom.